The van der Waals surface area contributed by atoms with Gasteiger partial charge < -0.3 is 11.1 Å². The number of hydrogen-bond donors (Lipinski definition) is 2. The number of nitrogens with two attached hydrogens (primary N) is 1. The summed E-state index contributed by atoms with van der Waals surface area (Å²) in [5, 5.41) is 6.30. The average Bonchev–Trinajstić information content (AvgIpc) is 1.89. The third-order valence-electron chi connectivity index (χ3n) is 0.773. The van der Waals surface area contributed by atoms with E-state index < -0.39 is 0 Å². The molecular weight excluding hydrogens is 118 g/mol. The van der Waals surface area contributed by atoms with E-state index in [2.05, 4.69) is 15.3 Å². The molecule has 0 fully saturated rings. The molecule has 0 amide bonds. The van der Waals surface area contributed by atoms with E-state index >= 15 is 0 Å². The SMILES string of the molecule is [N-]=[N+]=NCCNCCN. The van der Waals surface area contributed by atoms with E-state index in [4.69, 9.17) is 11.3 Å². The molecule has 0 aliphatic carbocycles. The fourth-order valence-corrected chi connectivity index (χ4v) is 0.401. The molecule has 0 saturated heterocycles. The van der Waals surface area contributed by atoms with Gasteiger partial charge in [0.05, 0.1) is 0 Å². The molecule has 0 unspecified atom stereocenters. The van der Waals surface area contributed by atoms with Gasteiger partial charge >= 0.3 is 0 Å². The van der Waals surface area contributed by atoms with Crippen molar-refractivity contribution in [1.82, 2.24) is 5.32 Å². The molecule has 0 heterocycles. The van der Waals surface area contributed by atoms with Crippen LogP contribution in [0, 0.1) is 0 Å². The molecule has 0 aromatic carbocycles. The number of rotatable bonds is 5. The van der Waals surface area contributed by atoms with Gasteiger partial charge in [-0.15, -0.1) is 0 Å². The van der Waals surface area contributed by atoms with Gasteiger partial charge in [0.2, 0.25) is 0 Å². The van der Waals surface area contributed by atoms with Crippen molar-refractivity contribution in [2.75, 3.05) is 26.2 Å². The van der Waals surface area contributed by atoms with Gasteiger partial charge in [-0.25, -0.2) is 0 Å². The predicted octanol–water partition coefficient (Wildman–Crippen LogP) is -0.155. The lowest BCUT2D eigenvalue weighted by molar-refractivity contribution is 0.695. The Morgan fingerprint density at radius 1 is 1.56 bits per heavy atom. The molecule has 0 saturated carbocycles. The minimum Gasteiger partial charge on any atom is -0.329 e. The molecule has 5 nitrogen and oxygen atoms in total. The highest BCUT2D eigenvalue weighted by Gasteiger charge is 1.79. The normalized spacial score (nSPS) is 8.56. The van der Waals surface area contributed by atoms with Gasteiger partial charge in [-0.2, -0.15) is 0 Å². The maximum atomic E-state index is 7.83. The van der Waals surface area contributed by atoms with Crippen LogP contribution in [-0.2, 0) is 0 Å². The first-order valence-corrected chi connectivity index (χ1v) is 2.83. The van der Waals surface area contributed by atoms with Crippen molar-refractivity contribution >= 4 is 0 Å². The second-order valence-corrected chi connectivity index (χ2v) is 1.49. The van der Waals surface area contributed by atoms with Gasteiger partial charge in [0, 0.05) is 31.1 Å². The van der Waals surface area contributed by atoms with Crippen molar-refractivity contribution in [2.45, 2.75) is 0 Å². The monoisotopic (exact) mass is 129 g/mol. The summed E-state index contributed by atoms with van der Waals surface area (Å²) in [7, 11) is 0. The number of nitrogens with zero attached hydrogens (tertiary/aromatic N) is 3. The molecule has 0 radical (unpaired) electrons. The Bertz CT molecular complexity index is 95.1. The van der Waals surface area contributed by atoms with Gasteiger partial charge in [-0.1, -0.05) is 5.11 Å². The van der Waals surface area contributed by atoms with Crippen molar-refractivity contribution in [3.05, 3.63) is 10.4 Å². The van der Waals surface area contributed by atoms with Gasteiger partial charge in [0.15, 0.2) is 0 Å². The molecule has 9 heavy (non-hydrogen) atoms. The quantitative estimate of drug-likeness (QED) is 0.234. The highest BCUT2D eigenvalue weighted by molar-refractivity contribution is 4.51. The summed E-state index contributed by atoms with van der Waals surface area (Å²) < 4.78 is 0. The first-order valence-electron chi connectivity index (χ1n) is 2.83. The Balaban J connectivity index is 2.82. The van der Waals surface area contributed by atoms with Crippen LogP contribution >= 0.6 is 0 Å². The zero-order chi connectivity index (χ0) is 6.95. The minimum atomic E-state index is 0.497. The summed E-state index contributed by atoms with van der Waals surface area (Å²) in [6, 6.07) is 0. The number of azide groups is 1. The second kappa shape index (κ2) is 7.23. The third kappa shape index (κ3) is 7.23. The second-order valence-electron chi connectivity index (χ2n) is 1.49. The summed E-state index contributed by atoms with van der Waals surface area (Å²) in [4.78, 5) is 2.59. The van der Waals surface area contributed by atoms with Gasteiger partial charge in [0.1, 0.15) is 0 Å². The van der Waals surface area contributed by atoms with Crippen molar-refractivity contribution in [3.8, 4) is 0 Å². The van der Waals surface area contributed by atoms with Crippen LogP contribution in [-0.4, -0.2) is 26.2 Å². The third-order valence-corrected chi connectivity index (χ3v) is 0.773. The molecule has 0 aliphatic heterocycles. The van der Waals surface area contributed by atoms with Crippen LogP contribution in [0.15, 0.2) is 5.11 Å². The van der Waals surface area contributed by atoms with Crippen LogP contribution in [0.3, 0.4) is 0 Å². The summed E-state index contributed by atoms with van der Waals surface area (Å²) >= 11 is 0. The zero-order valence-corrected chi connectivity index (χ0v) is 5.25. The lowest BCUT2D eigenvalue weighted by Gasteiger charge is -1.95. The fraction of sp³-hybridized carbons (Fsp3) is 1.00. The lowest BCUT2D eigenvalue weighted by atomic mass is 10.6. The van der Waals surface area contributed by atoms with Crippen LogP contribution in [0.2, 0.25) is 0 Å². The zero-order valence-electron chi connectivity index (χ0n) is 5.25. The van der Waals surface area contributed by atoms with E-state index in [1.54, 1.807) is 0 Å². The van der Waals surface area contributed by atoms with E-state index in [0.717, 1.165) is 6.54 Å². The average molecular weight is 129 g/mol. The Hall–Kier alpha value is -0.770. The van der Waals surface area contributed by atoms with Crippen LogP contribution in [0.4, 0.5) is 0 Å². The Kier molecular flexibility index (Phi) is 6.61. The highest BCUT2D eigenvalue weighted by atomic mass is 15.1. The summed E-state index contributed by atoms with van der Waals surface area (Å²) in [5.41, 5.74) is 13.0. The number of nitrogens with one attached hydrogen (secondary N) is 1. The highest BCUT2D eigenvalue weighted by Crippen LogP contribution is 1.66. The maximum absolute atomic E-state index is 7.83. The Morgan fingerprint density at radius 2 is 2.33 bits per heavy atom. The largest absolute Gasteiger partial charge is 0.329 e. The number of hydrogen-bond acceptors (Lipinski definition) is 3. The summed E-state index contributed by atoms with van der Waals surface area (Å²) in [5.74, 6) is 0. The molecular formula is C4H11N5. The summed E-state index contributed by atoms with van der Waals surface area (Å²) in [6.45, 7) is 2.61. The molecule has 0 bridgehead atoms. The Morgan fingerprint density at radius 3 is 2.89 bits per heavy atom. The molecule has 0 atom stereocenters. The first-order chi connectivity index (χ1) is 4.41. The van der Waals surface area contributed by atoms with Gasteiger partial charge in [0.25, 0.3) is 0 Å². The van der Waals surface area contributed by atoms with E-state index in [9.17, 15) is 0 Å². The van der Waals surface area contributed by atoms with Crippen LogP contribution in [0.5, 0.6) is 0 Å². The first kappa shape index (κ1) is 8.23. The smallest absolute Gasteiger partial charge is 0.0383 e. The van der Waals surface area contributed by atoms with Crippen molar-refractivity contribution < 1.29 is 0 Å². The van der Waals surface area contributed by atoms with E-state index in [-0.39, 0.29) is 0 Å². The van der Waals surface area contributed by atoms with Crippen LogP contribution in [0.1, 0.15) is 0 Å². The molecule has 0 rings (SSSR count). The molecule has 0 aromatic rings. The van der Waals surface area contributed by atoms with E-state index in [0.29, 0.717) is 19.6 Å². The topological polar surface area (TPSA) is 86.8 Å². The summed E-state index contributed by atoms with van der Waals surface area (Å²) in [6.07, 6.45) is 0. The molecule has 0 aromatic heterocycles. The van der Waals surface area contributed by atoms with Crippen molar-refractivity contribution in [2.24, 2.45) is 10.8 Å². The standard InChI is InChI=1S/C4H11N5/c5-1-2-7-3-4-8-9-6/h7H,1-5H2. The van der Waals surface area contributed by atoms with E-state index in [1.807, 2.05) is 0 Å². The molecule has 0 aliphatic rings. The van der Waals surface area contributed by atoms with Gasteiger partial charge in [-0.3, -0.25) is 0 Å². The molecule has 0 spiro atoms. The lowest BCUT2D eigenvalue weighted by Crippen LogP contribution is -2.24. The van der Waals surface area contributed by atoms with Crippen molar-refractivity contribution in [3.63, 3.8) is 0 Å². The van der Waals surface area contributed by atoms with Crippen LogP contribution < -0.4 is 11.1 Å². The molecule has 52 valence electrons. The minimum absolute atomic E-state index is 0.497. The molecule has 5 heteroatoms. The maximum Gasteiger partial charge on any atom is 0.0383 e. The Labute approximate surface area is 53.9 Å². The molecule has 3 N–H and O–H groups in total. The predicted molar refractivity (Wildman–Crippen MR) is 35.9 cm³/mol. The van der Waals surface area contributed by atoms with Gasteiger partial charge in [-0.05, 0) is 5.53 Å². The van der Waals surface area contributed by atoms with Crippen molar-refractivity contribution in [1.29, 1.82) is 0 Å². The fourth-order valence-electron chi connectivity index (χ4n) is 0.401. The van der Waals surface area contributed by atoms with E-state index in [1.165, 1.54) is 0 Å². The van der Waals surface area contributed by atoms with Crippen LogP contribution in [0.25, 0.3) is 10.4 Å².